The fourth-order valence-corrected chi connectivity index (χ4v) is 13.0. The van der Waals surface area contributed by atoms with Gasteiger partial charge in [0.05, 0.1) is 65.5 Å². The second-order valence-electron chi connectivity index (χ2n) is 25.9. The van der Waals surface area contributed by atoms with Crippen LogP contribution in [0.5, 0.6) is 0 Å². The molecule has 5 amide bonds. The van der Waals surface area contributed by atoms with Crippen molar-refractivity contribution < 1.29 is 203 Å². The lowest BCUT2D eigenvalue weighted by atomic mass is 9.94. The normalized spacial score (nSPS) is 44.0. The molecule has 0 saturated carbocycles. The number of rotatable bonds is 31. The predicted molar refractivity (Wildman–Crippen MR) is 325 cm³/mol. The molecule has 7 rings (SSSR count). The van der Waals surface area contributed by atoms with E-state index in [9.17, 15) is 136 Å². The molecule has 602 valence electrons. The van der Waals surface area contributed by atoms with E-state index in [1.807, 2.05) is 0 Å². The van der Waals surface area contributed by atoms with Gasteiger partial charge < -0.3 is 205 Å². The van der Waals surface area contributed by atoms with Crippen LogP contribution in [0.1, 0.15) is 34.6 Å². The molecule has 39 atom stereocenters. The first-order valence-electron chi connectivity index (χ1n) is 33.0. The van der Waals surface area contributed by atoms with Crippen molar-refractivity contribution in [3.05, 3.63) is 0 Å². The molecule has 46 heteroatoms. The van der Waals surface area contributed by atoms with Gasteiger partial charge in [-0.1, -0.05) is 0 Å². The Morgan fingerprint density at radius 3 is 1.00 bits per heavy atom. The highest BCUT2D eigenvalue weighted by Crippen LogP contribution is 2.38. The summed E-state index contributed by atoms with van der Waals surface area (Å²) in [7, 11) is 0. The molecular weight excluding hydrogens is 1420 g/mol. The van der Waals surface area contributed by atoms with Gasteiger partial charge in [0.1, 0.15) is 189 Å². The monoisotopic (exact) mass is 1520 g/mol. The van der Waals surface area contributed by atoms with Gasteiger partial charge >= 0.3 is 0 Å². The Labute approximate surface area is 590 Å². The number of ether oxygens (including phenoxy) is 14. The molecule has 0 aromatic rings. The van der Waals surface area contributed by atoms with E-state index in [1.165, 1.54) is 0 Å². The fourth-order valence-electron chi connectivity index (χ4n) is 13.0. The van der Waals surface area contributed by atoms with Crippen LogP contribution in [-0.2, 0) is 90.3 Å². The zero-order valence-electron chi connectivity index (χ0n) is 56.5. The van der Waals surface area contributed by atoms with Gasteiger partial charge in [-0.2, -0.15) is 0 Å². The zero-order chi connectivity index (χ0) is 77.2. The molecule has 104 heavy (non-hydrogen) atoms. The van der Waals surface area contributed by atoms with Crippen molar-refractivity contribution in [1.29, 1.82) is 0 Å². The average molecular weight is 1520 g/mol. The van der Waals surface area contributed by atoms with Crippen molar-refractivity contribution in [2.75, 3.05) is 59.5 Å². The Hall–Kier alpha value is -4.09. The predicted octanol–water partition coefficient (Wildman–Crippen LogP) is -18.1. The molecular formula is C58H99N5O41. The number of aliphatic hydroxyl groups is 22. The van der Waals surface area contributed by atoms with Crippen molar-refractivity contribution >= 4 is 29.5 Å². The summed E-state index contributed by atoms with van der Waals surface area (Å²) in [6.07, 6.45) is -68.3. The first-order valence-corrected chi connectivity index (χ1v) is 33.0. The number of carbonyl (C=O) groups is 5. The molecule has 7 aliphatic rings. The Morgan fingerprint density at radius 1 is 0.327 bits per heavy atom. The quantitative estimate of drug-likeness (QED) is 0.0306. The largest absolute Gasteiger partial charge is 0.394 e. The van der Waals surface area contributed by atoms with Gasteiger partial charge in [-0.15, -0.1) is 0 Å². The summed E-state index contributed by atoms with van der Waals surface area (Å²) in [5.41, 5.74) is 0. The van der Waals surface area contributed by atoms with Crippen LogP contribution in [0.2, 0.25) is 0 Å². The van der Waals surface area contributed by atoms with Crippen molar-refractivity contribution in [3.8, 4) is 0 Å². The first-order chi connectivity index (χ1) is 49.1. The third kappa shape index (κ3) is 20.3. The topological polar surface area (TPSA) is 720 Å². The van der Waals surface area contributed by atoms with E-state index in [1.54, 1.807) is 0 Å². The minimum atomic E-state index is -2.45. The van der Waals surface area contributed by atoms with E-state index < -0.39 is 328 Å². The van der Waals surface area contributed by atoms with Gasteiger partial charge in [-0.3, -0.25) is 24.0 Å². The highest BCUT2D eigenvalue weighted by molar-refractivity contribution is 5.75. The maximum absolute atomic E-state index is 13.0. The van der Waals surface area contributed by atoms with Crippen LogP contribution >= 0.6 is 0 Å². The SMILES string of the molecule is CC(=O)N[C@H]1[C@H](OC[C@H]2O[C@@H](O[C@@H]([C@@H](O)[C@H](O)CO)[C@H](CO)NC(C)=O)[C@H](O)[C@@H](O[C@@H]3O[C@H](CO)[C@@H](O[C@@H]4O[C@H](CO)[C@H](O[C@H]5O[C@H](CO)[C@@H](O)[C@H](O)[C@H]5NC(C)=O)[C@H](O)[C@H]4O)[C@H](O)[C@H]3NC(C)=O)[C@H]2O)O[C@H](CO)[C@@H](O[C@@H]2O[C@H](CO)[C@H](O[C@H]3O[C@H](CO)[C@@H](O)[C@H](O)[C@H]3NC(C)=O)[C@H](O)[C@H]2O)[C@@H]1O. The molecule has 0 unspecified atom stereocenters. The molecule has 7 heterocycles. The Morgan fingerprint density at radius 2 is 0.644 bits per heavy atom. The maximum Gasteiger partial charge on any atom is 0.217 e. The Balaban J connectivity index is 1.14. The number of nitrogens with one attached hydrogen (secondary N) is 5. The van der Waals surface area contributed by atoms with Crippen LogP contribution in [0.3, 0.4) is 0 Å². The number of hydrogen-bond donors (Lipinski definition) is 27. The molecule has 0 aromatic heterocycles. The third-order valence-corrected chi connectivity index (χ3v) is 18.3. The van der Waals surface area contributed by atoms with E-state index in [0.717, 1.165) is 34.6 Å². The minimum Gasteiger partial charge on any atom is -0.394 e. The highest BCUT2D eigenvalue weighted by Gasteiger charge is 2.59. The van der Waals surface area contributed by atoms with E-state index in [2.05, 4.69) is 26.6 Å². The summed E-state index contributed by atoms with van der Waals surface area (Å²) in [6.45, 7) is -4.62. The fraction of sp³-hybridized carbons (Fsp3) is 0.914. The molecule has 0 aliphatic carbocycles. The molecule has 0 aromatic carbocycles. The molecule has 27 N–H and O–H groups in total. The van der Waals surface area contributed by atoms with Crippen LogP contribution in [0, 0.1) is 0 Å². The lowest BCUT2D eigenvalue weighted by Crippen LogP contribution is -2.70. The molecule has 7 aliphatic heterocycles. The minimum absolute atomic E-state index is 0.760. The number of amides is 5. The summed E-state index contributed by atoms with van der Waals surface area (Å²) >= 11 is 0. The third-order valence-electron chi connectivity index (χ3n) is 18.3. The number of hydrogen-bond acceptors (Lipinski definition) is 41. The van der Waals surface area contributed by atoms with Crippen molar-refractivity contribution in [2.45, 2.75) is 274 Å². The summed E-state index contributed by atoms with van der Waals surface area (Å²) in [5.74, 6) is -4.28. The van der Waals surface area contributed by atoms with Gasteiger partial charge in [0.25, 0.3) is 0 Å². The lowest BCUT2D eigenvalue weighted by Gasteiger charge is -2.50. The first kappa shape index (κ1) is 87.1. The van der Waals surface area contributed by atoms with Crippen LogP contribution in [0.15, 0.2) is 0 Å². The molecule has 0 spiro atoms. The van der Waals surface area contributed by atoms with E-state index >= 15 is 0 Å². The smallest absolute Gasteiger partial charge is 0.217 e. The van der Waals surface area contributed by atoms with Gasteiger partial charge in [0.15, 0.2) is 44.0 Å². The summed E-state index contributed by atoms with van der Waals surface area (Å²) in [5, 5.41) is 253. The van der Waals surface area contributed by atoms with Gasteiger partial charge in [-0.25, -0.2) is 0 Å². The Bertz CT molecular complexity index is 2710. The molecule has 0 radical (unpaired) electrons. The van der Waals surface area contributed by atoms with Crippen LogP contribution < -0.4 is 26.6 Å². The van der Waals surface area contributed by atoms with Crippen LogP contribution in [0.25, 0.3) is 0 Å². The standard InChI is InChI=1S/C58H99N5O41/c1-15(72)59-20(6-64)46(33(78)21(77)7-65)99-58-45(90)51(104-55-32(63-19(5)76)40(85)48(25(11-69)95-55)103-57-44(89)42(87)50(27(13-71)97-57)101-54-30(61-17(3)74)38(83)35(80)23(9-67)93-54)36(81)28(98-58)14-91-52-31(62-18(4)75)39(84)47(24(10-68)94-52)102-56-43(88)41(86)49(26(12-70)96-56)100-53-29(60-16(2)73)37(82)34(79)22(8-66)92-53/h20-58,64-71,77-90H,6-14H2,1-5H3,(H,59,72)(H,60,73)(H,61,74)(H,62,75)(H,63,76)/t20-,21+,22+,23+,24+,25+,26+,27+,28+,29+,30+,31+,32+,33-,34+,35+,36-,37+,38+,39+,40+,41+,42+,43+,44+,45+,46+,47+,48+,49-,50-,51-,52+,53+,54+,55-,56-,57-,58-/m0/s1. The van der Waals surface area contributed by atoms with Crippen molar-refractivity contribution in [2.24, 2.45) is 0 Å². The summed E-state index contributed by atoms with van der Waals surface area (Å²) < 4.78 is 82.3. The Kier molecular flexibility index (Phi) is 32.7. The zero-order valence-corrected chi connectivity index (χ0v) is 56.5. The van der Waals surface area contributed by atoms with E-state index in [-0.39, 0.29) is 0 Å². The second-order valence-corrected chi connectivity index (χ2v) is 25.9. The highest BCUT2D eigenvalue weighted by atomic mass is 16.8. The van der Waals surface area contributed by atoms with Gasteiger partial charge in [-0.05, 0) is 0 Å². The van der Waals surface area contributed by atoms with E-state index in [4.69, 9.17) is 66.3 Å². The lowest BCUT2D eigenvalue weighted by molar-refractivity contribution is -0.382. The van der Waals surface area contributed by atoms with Gasteiger partial charge in [0, 0.05) is 34.6 Å². The summed E-state index contributed by atoms with van der Waals surface area (Å²) in [6, 6.07) is -8.74. The van der Waals surface area contributed by atoms with Crippen LogP contribution in [-0.4, -0.2) is 440 Å². The van der Waals surface area contributed by atoms with Gasteiger partial charge in [0.2, 0.25) is 29.5 Å². The molecule has 46 nitrogen and oxygen atoms in total. The number of aliphatic hydroxyl groups excluding tert-OH is 22. The molecule has 7 saturated heterocycles. The van der Waals surface area contributed by atoms with Crippen LogP contribution in [0.4, 0.5) is 0 Å². The average Bonchev–Trinajstić information content (AvgIpc) is 0.773. The van der Waals surface area contributed by atoms with Crippen molar-refractivity contribution in [3.63, 3.8) is 0 Å². The molecule has 7 fully saturated rings. The van der Waals surface area contributed by atoms with Crippen molar-refractivity contribution in [1.82, 2.24) is 26.6 Å². The molecule has 0 bridgehead atoms. The maximum atomic E-state index is 13.0. The summed E-state index contributed by atoms with van der Waals surface area (Å²) in [4.78, 5) is 62.5. The second kappa shape index (κ2) is 39.0. The van der Waals surface area contributed by atoms with E-state index in [0.29, 0.717) is 0 Å². The number of carbonyl (C=O) groups excluding carboxylic acids is 5.